The van der Waals surface area contributed by atoms with Crippen LogP contribution in [0.4, 0.5) is 0 Å². The Morgan fingerprint density at radius 3 is 2.24 bits per heavy atom. The van der Waals surface area contributed by atoms with Crippen molar-refractivity contribution in [2.24, 2.45) is 0 Å². The van der Waals surface area contributed by atoms with Crippen molar-refractivity contribution in [2.75, 3.05) is 6.54 Å². The van der Waals surface area contributed by atoms with Crippen LogP contribution in [-0.2, 0) is 0 Å². The van der Waals surface area contributed by atoms with E-state index in [1.807, 2.05) is 0 Å². The van der Waals surface area contributed by atoms with Gasteiger partial charge >= 0.3 is 0 Å². The molecule has 1 aliphatic heterocycles. The Balaban J connectivity index is 2.16. The molecule has 1 atom stereocenters. The zero-order valence-corrected chi connectivity index (χ0v) is 11.6. The van der Waals surface area contributed by atoms with Crippen LogP contribution >= 0.6 is 0 Å². The lowest BCUT2D eigenvalue weighted by molar-refractivity contribution is 0.205. The highest BCUT2D eigenvalue weighted by atomic mass is 15.2. The molecule has 0 saturated carbocycles. The minimum absolute atomic E-state index is 0.633. The average Bonchev–Trinajstić information content (AvgIpc) is 2.78. The largest absolute Gasteiger partial charge is 0.294 e. The first-order chi connectivity index (χ1) is 8.09. The van der Waals surface area contributed by atoms with Gasteiger partial charge in [0.05, 0.1) is 0 Å². The van der Waals surface area contributed by atoms with E-state index in [-0.39, 0.29) is 0 Å². The summed E-state index contributed by atoms with van der Waals surface area (Å²) in [6, 6.07) is 10.6. The number of hydrogen-bond acceptors (Lipinski definition) is 1. The van der Waals surface area contributed by atoms with Crippen LogP contribution in [0.25, 0.3) is 0 Å². The maximum absolute atomic E-state index is 2.63. The number of benzene rings is 1. The van der Waals surface area contributed by atoms with E-state index in [4.69, 9.17) is 0 Å². The van der Waals surface area contributed by atoms with E-state index in [0.29, 0.717) is 18.0 Å². The third-order valence-corrected chi connectivity index (χ3v) is 3.95. The van der Waals surface area contributed by atoms with Crippen LogP contribution in [0.2, 0.25) is 0 Å². The van der Waals surface area contributed by atoms with Gasteiger partial charge < -0.3 is 0 Å². The molecule has 2 rings (SSSR count). The Morgan fingerprint density at radius 2 is 1.71 bits per heavy atom. The van der Waals surface area contributed by atoms with Crippen LogP contribution < -0.4 is 0 Å². The van der Waals surface area contributed by atoms with Crippen molar-refractivity contribution < 1.29 is 0 Å². The van der Waals surface area contributed by atoms with Gasteiger partial charge in [-0.15, -0.1) is 0 Å². The van der Waals surface area contributed by atoms with Crippen molar-refractivity contribution in [3.05, 3.63) is 35.4 Å². The predicted octanol–water partition coefficient (Wildman–Crippen LogP) is 4.36. The Morgan fingerprint density at radius 1 is 1.06 bits per heavy atom. The molecule has 0 spiro atoms. The second-order valence-corrected chi connectivity index (χ2v) is 5.81. The van der Waals surface area contributed by atoms with Crippen LogP contribution in [0, 0.1) is 0 Å². The van der Waals surface area contributed by atoms with Crippen molar-refractivity contribution in [2.45, 2.75) is 58.5 Å². The zero-order chi connectivity index (χ0) is 12.4. The number of hydrogen-bond donors (Lipinski definition) is 0. The highest BCUT2D eigenvalue weighted by Crippen LogP contribution is 2.33. The van der Waals surface area contributed by atoms with Gasteiger partial charge in [0, 0.05) is 12.1 Å². The molecule has 1 aromatic rings. The van der Waals surface area contributed by atoms with Gasteiger partial charge in [0.1, 0.15) is 0 Å². The van der Waals surface area contributed by atoms with Crippen molar-refractivity contribution in [1.29, 1.82) is 0 Å². The molecule has 94 valence electrons. The van der Waals surface area contributed by atoms with Gasteiger partial charge in [-0.25, -0.2) is 0 Å². The summed E-state index contributed by atoms with van der Waals surface area (Å²) in [6.07, 6.45) is 2.66. The molecule has 1 heteroatoms. The molecule has 1 heterocycles. The summed E-state index contributed by atoms with van der Waals surface area (Å²) in [4.78, 5) is 2.63. The van der Waals surface area contributed by atoms with Crippen molar-refractivity contribution >= 4 is 0 Å². The van der Waals surface area contributed by atoms with Gasteiger partial charge in [-0.2, -0.15) is 0 Å². The van der Waals surface area contributed by atoms with Crippen LogP contribution in [-0.4, -0.2) is 17.5 Å². The van der Waals surface area contributed by atoms with Crippen molar-refractivity contribution in [1.82, 2.24) is 4.90 Å². The summed E-state index contributed by atoms with van der Waals surface area (Å²) in [5.74, 6) is 0.633. The summed E-state index contributed by atoms with van der Waals surface area (Å²) >= 11 is 0. The van der Waals surface area contributed by atoms with E-state index in [1.54, 1.807) is 0 Å². The van der Waals surface area contributed by atoms with Gasteiger partial charge in [-0.3, -0.25) is 4.90 Å². The summed E-state index contributed by atoms with van der Waals surface area (Å²) in [6.45, 7) is 10.4. The number of nitrogens with zero attached hydrogens (tertiary/aromatic N) is 1. The quantitative estimate of drug-likeness (QED) is 0.747. The van der Waals surface area contributed by atoms with Gasteiger partial charge in [-0.1, -0.05) is 38.1 Å². The number of likely N-dealkylation sites (tertiary alicyclic amines) is 1. The summed E-state index contributed by atoms with van der Waals surface area (Å²) in [5, 5.41) is 0. The fraction of sp³-hybridized carbons (Fsp3) is 0.625. The van der Waals surface area contributed by atoms with Crippen LogP contribution in [0.5, 0.6) is 0 Å². The molecule has 1 fully saturated rings. The topological polar surface area (TPSA) is 3.24 Å². The van der Waals surface area contributed by atoms with E-state index in [1.165, 1.54) is 30.5 Å². The Labute approximate surface area is 106 Å². The molecule has 0 aromatic heterocycles. The fourth-order valence-corrected chi connectivity index (χ4v) is 2.87. The highest BCUT2D eigenvalue weighted by molar-refractivity contribution is 5.27. The smallest absolute Gasteiger partial charge is 0.0351 e. The molecule has 1 saturated heterocycles. The van der Waals surface area contributed by atoms with E-state index in [9.17, 15) is 0 Å². The van der Waals surface area contributed by atoms with Crippen LogP contribution in [0.3, 0.4) is 0 Å². The Bertz CT molecular complexity index is 350. The van der Waals surface area contributed by atoms with Crippen LogP contribution in [0.15, 0.2) is 24.3 Å². The van der Waals surface area contributed by atoms with Crippen molar-refractivity contribution in [3.63, 3.8) is 0 Å². The predicted molar refractivity (Wildman–Crippen MR) is 74.3 cm³/mol. The lowest BCUT2D eigenvalue weighted by atomic mass is 9.98. The van der Waals surface area contributed by atoms with Crippen molar-refractivity contribution in [3.8, 4) is 0 Å². The Kier molecular flexibility index (Phi) is 3.88. The molecule has 17 heavy (non-hydrogen) atoms. The summed E-state index contributed by atoms with van der Waals surface area (Å²) in [5.41, 5.74) is 2.95. The van der Waals surface area contributed by atoms with Gasteiger partial charge in [-0.05, 0) is 50.3 Å². The second-order valence-electron chi connectivity index (χ2n) is 5.81. The first kappa shape index (κ1) is 12.6. The normalized spacial score (nSPS) is 21.6. The monoisotopic (exact) mass is 231 g/mol. The third kappa shape index (κ3) is 2.71. The molecule has 0 bridgehead atoms. The second kappa shape index (κ2) is 5.22. The molecule has 1 aliphatic rings. The molecular formula is C16H25N. The first-order valence-corrected chi connectivity index (χ1v) is 6.95. The van der Waals surface area contributed by atoms with E-state index in [2.05, 4.69) is 56.9 Å². The lowest BCUT2D eigenvalue weighted by Crippen LogP contribution is -2.30. The minimum Gasteiger partial charge on any atom is -0.294 e. The van der Waals surface area contributed by atoms with E-state index >= 15 is 0 Å². The SMILES string of the molecule is CC(C)c1ccc(C2CCCN2C(C)C)cc1. The zero-order valence-electron chi connectivity index (χ0n) is 11.6. The van der Waals surface area contributed by atoms with Gasteiger partial charge in [0.2, 0.25) is 0 Å². The molecule has 0 N–H and O–H groups in total. The average molecular weight is 231 g/mol. The van der Waals surface area contributed by atoms with Crippen LogP contribution in [0.1, 0.15) is 63.6 Å². The molecule has 1 nitrogen and oxygen atoms in total. The summed E-state index contributed by atoms with van der Waals surface area (Å²) < 4.78 is 0. The Hall–Kier alpha value is -0.820. The van der Waals surface area contributed by atoms with Gasteiger partial charge in [0.25, 0.3) is 0 Å². The van der Waals surface area contributed by atoms with Gasteiger partial charge in [0.15, 0.2) is 0 Å². The molecule has 0 aliphatic carbocycles. The molecular weight excluding hydrogens is 206 g/mol. The van der Waals surface area contributed by atoms with E-state index in [0.717, 1.165) is 0 Å². The first-order valence-electron chi connectivity index (χ1n) is 6.95. The molecule has 0 radical (unpaired) electrons. The third-order valence-electron chi connectivity index (χ3n) is 3.95. The molecule has 1 aromatic carbocycles. The standard InChI is InChI=1S/C16H25N/c1-12(2)14-7-9-15(10-8-14)16-6-5-11-17(16)13(3)4/h7-10,12-13,16H,5-6,11H2,1-4H3. The molecule has 1 unspecified atom stereocenters. The number of rotatable bonds is 3. The summed E-state index contributed by atoms with van der Waals surface area (Å²) in [7, 11) is 0. The minimum atomic E-state index is 0.633. The maximum atomic E-state index is 2.63. The lowest BCUT2D eigenvalue weighted by Gasteiger charge is -2.28. The fourth-order valence-electron chi connectivity index (χ4n) is 2.87. The van der Waals surface area contributed by atoms with E-state index < -0.39 is 0 Å². The molecule has 0 amide bonds. The maximum Gasteiger partial charge on any atom is 0.0351 e. The highest BCUT2D eigenvalue weighted by Gasteiger charge is 2.27.